The van der Waals surface area contributed by atoms with Crippen LogP contribution in [0, 0.1) is 19.7 Å². The van der Waals surface area contributed by atoms with E-state index in [0.29, 0.717) is 11.3 Å². The summed E-state index contributed by atoms with van der Waals surface area (Å²) in [5, 5.41) is 3.66. The van der Waals surface area contributed by atoms with Gasteiger partial charge in [-0.15, -0.1) is 0 Å². The first-order valence-corrected chi connectivity index (χ1v) is 8.55. The summed E-state index contributed by atoms with van der Waals surface area (Å²) in [5.74, 6) is -0.120. The maximum Gasteiger partial charge on any atom is 0.246 e. The quantitative estimate of drug-likeness (QED) is 0.870. The van der Waals surface area contributed by atoms with Crippen molar-refractivity contribution in [2.45, 2.75) is 24.8 Å². The number of hydrogen-bond donors (Lipinski definition) is 1. The van der Waals surface area contributed by atoms with E-state index >= 15 is 0 Å². The highest BCUT2D eigenvalue weighted by Gasteiger charge is 2.26. The second-order valence-electron chi connectivity index (χ2n) is 5.54. The third kappa shape index (κ3) is 3.95. The normalized spacial score (nSPS) is 13.5. The van der Waals surface area contributed by atoms with Crippen molar-refractivity contribution in [3.63, 3.8) is 0 Å². The van der Waals surface area contributed by atoms with Gasteiger partial charge in [-0.25, -0.2) is 17.5 Å². The van der Waals surface area contributed by atoms with Gasteiger partial charge in [0.25, 0.3) is 0 Å². The molecule has 0 bridgehead atoms. The molecule has 0 saturated heterocycles. The smallest absolute Gasteiger partial charge is 0.246 e. The van der Waals surface area contributed by atoms with Crippen molar-refractivity contribution < 1.29 is 17.3 Å². The molecule has 6 nitrogen and oxygen atoms in total. The number of nitrogens with one attached hydrogen (secondary N) is 1. The number of likely N-dealkylation sites (N-methyl/N-ethyl adjacent to an activating group) is 1. The van der Waals surface area contributed by atoms with Gasteiger partial charge in [0.15, 0.2) is 5.76 Å². The highest BCUT2D eigenvalue weighted by Crippen LogP contribution is 2.22. The number of rotatable bonds is 6. The Morgan fingerprint density at radius 2 is 2.04 bits per heavy atom. The standard InChI is InChI=1S/C15H20FN3O3S/c1-10-15(11(2)22-18-10)23(20,21)17-9-14(19(3)4)12-6-5-7-13(16)8-12/h5-8,14,17H,9H2,1-4H3/t14-/m1/s1. The molecule has 8 heteroatoms. The van der Waals surface area contributed by atoms with Crippen LogP contribution in [0.4, 0.5) is 4.39 Å². The number of sulfonamides is 1. The van der Waals surface area contributed by atoms with Crippen molar-refractivity contribution in [1.82, 2.24) is 14.8 Å². The van der Waals surface area contributed by atoms with Crippen molar-refractivity contribution in [3.05, 3.63) is 47.1 Å². The molecule has 0 amide bonds. The lowest BCUT2D eigenvalue weighted by Crippen LogP contribution is -2.35. The Labute approximate surface area is 135 Å². The van der Waals surface area contributed by atoms with Crippen LogP contribution in [-0.4, -0.2) is 39.1 Å². The number of halogens is 1. The molecule has 1 aromatic heterocycles. The van der Waals surface area contributed by atoms with Crippen LogP contribution in [-0.2, 0) is 10.0 Å². The van der Waals surface area contributed by atoms with Gasteiger partial charge in [-0.3, -0.25) is 0 Å². The van der Waals surface area contributed by atoms with Crippen LogP contribution >= 0.6 is 0 Å². The summed E-state index contributed by atoms with van der Waals surface area (Å²) in [4.78, 5) is 1.87. The first-order chi connectivity index (χ1) is 10.7. The van der Waals surface area contributed by atoms with E-state index in [4.69, 9.17) is 4.52 Å². The number of nitrogens with zero attached hydrogens (tertiary/aromatic N) is 2. The largest absolute Gasteiger partial charge is 0.360 e. The van der Waals surface area contributed by atoms with Crippen molar-refractivity contribution in [1.29, 1.82) is 0 Å². The highest BCUT2D eigenvalue weighted by molar-refractivity contribution is 7.89. The molecule has 1 N–H and O–H groups in total. The molecule has 0 spiro atoms. The van der Waals surface area contributed by atoms with E-state index in [9.17, 15) is 12.8 Å². The molecule has 23 heavy (non-hydrogen) atoms. The highest BCUT2D eigenvalue weighted by atomic mass is 32.2. The van der Waals surface area contributed by atoms with Gasteiger partial charge in [-0.2, -0.15) is 0 Å². The van der Waals surface area contributed by atoms with E-state index in [1.165, 1.54) is 12.1 Å². The Hall–Kier alpha value is -1.77. The minimum Gasteiger partial charge on any atom is -0.360 e. The third-order valence-corrected chi connectivity index (χ3v) is 5.23. The Kier molecular flexibility index (Phi) is 5.18. The summed E-state index contributed by atoms with van der Waals surface area (Å²) < 4.78 is 45.8. The van der Waals surface area contributed by atoms with Gasteiger partial charge < -0.3 is 9.42 Å². The zero-order valence-electron chi connectivity index (χ0n) is 13.5. The van der Waals surface area contributed by atoms with Gasteiger partial charge >= 0.3 is 0 Å². The molecule has 0 unspecified atom stereocenters. The predicted molar refractivity (Wildman–Crippen MR) is 84.0 cm³/mol. The Morgan fingerprint density at radius 1 is 1.35 bits per heavy atom. The summed E-state index contributed by atoms with van der Waals surface area (Å²) in [7, 11) is -0.141. The van der Waals surface area contributed by atoms with Crippen LogP contribution in [0.5, 0.6) is 0 Å². The lowest BCUT2D eigenvalue weighted by atomic mass is 10.1. The number of aryl methyl sites for hydroxylation is 2. The molecule has 2 aromatic rings. The van der Waals surface area contributed by atoms with Crippen LogP contribution < -0.4 is 4.72 Å². The summed E-state index contributed by atoms with van der Waals surface area (Å²) in [6, 6.07) is 5.81. The Morgan fingerprint density at radius 3 is 2.57 bits per heavy atom. The molecule has 0 aliphatic carbocycles. The maximum absolute atomic E-state index is 13.4. The van der Waals surface area contributed by atoms with E-state index in [-0.39, 0.29) is 29.1 Å². The predicted octanol–water partition coefficient (Wildman–Crippen LogP) is 2.01. The topological polar surface area (TPSA) is 75.4 Å². The number of aromatic nitrogens is 1. The Balaban J connectivity index is 2.22. The molecule has 1 heterocycles. The molecule has 1 aromatic carbocycles. The monoisotopic (exact) mass is 341 g/mol. The van der Waals surface area contributed by atoms with E-state index < -0.39 is 10.0 Å². The number of hydrogen-bond acceptors (Lipinski definition) is 5. The van der Waals surface area contributed by atoms with Crippen LogP contribution in [0.2, 0.25) is 0 Å². The fourth-order valence-electron chi connectivity index (χ4n) is 2.43. The van der Waals surface area contributed by atoms with Gasteiger partial charge in [0, 0.05) is 12.6 Å². The zero-order valence-corrected chi connectivity index (χ0v) is 14.3. The number of benzene rings is 1. The Bertz CT molecular complexity index is 768. The van der Waals surface area contributed by atoms with Gasteiger partial charge in [-0.1, -0.05) is 17.3 Å². The minimum absolute atomic E-state index is 0.0502. The third-order valence-electron chi connectivity index (χ3n) is 3.56. The average molecular weight is 341 g/mol. The maximum atomic E-state index is 13.4. The first-order valence-electron chi connectivity index (χ1n) is 7.07. The van der Waals surface area contributed by atoms with Crippen LogP contribution in [0.3, 0.4) is 0 Å². The lowest BCUT2D eigenvalue weighted by Gasteiger charge is -2.25. The summed E-state index contributed by atoms with van der Waals surface area (Å²) in [6.07, 6.45) is 0. The van der Waals surface area contributed by atoms with Crippen molar-refractivity contribution in [2.75, 3.05) is 20.6 Å². The van der Waals surface area contributed by atoms with Crippen LogP contribution in [0.1, 0.15) is 23.1 Å². The lowest BCUT2D eigenvalue weighted by molar-refractivity contribution is 0.298. The molecule has 0 saturated carbocycles. The van der Waals surface area contributed by atoms with Gasteiger partial charge in [0.2, 0.25) is 10.0 Å². The van der Waals surface area contributed by atoms with Crippen molar-refractivity contribution in [3.8, 4) is 0 Å². The van der Waals surface area contributed by atoms with Gasteiger partial charge in [0.05, 0.1) is 0 Å². The molecule has 0 aliphatic rings. The molecule has 0 fully saturated rings. The summed E-state index contributed by atoms with van der Waals surface area (Å²) in [6.45, 7) is 3.22. The SMILES string of the molecule is Cc1noc(C)c1S(=O)(=O)NC[C@H](c1cccc(F)c1)N(C)C. The molecule has 2 rings (SSSR count). The fraction of sp³-hybridized carbons (Fsp3) is 0.400. The van der Waals surface area contributed by atoms with E-state index in [0.717, 1.165) is 0 Å². The van der Waals surface area contributed by atoms with Crippen molar-refractivity contribution >= 4 is 10.0 Å². The second kappa shape index (κ2) is 6.77. The molecule has 0 aliphatic heterocycles. The first kappa shape index (κ1) is 17.6. The average Bonchev–Trinajstić information content (AvgIpc) is 2.78. The summed E-state index contributed by atoms with van der Waals surface area (Å²) in [5.41, 5.74) is 0.999. The van der Waals surface area contributed by atoms with E-state index in [2.05, 4.69) is 9.88 Å². The molecular formula is C15H20FN3O3S. The van der Waals surface area contributed by atoms with Crippen molar-refractivity contribution in [2.24, 2.45) is 0 Å². The summed E-state index contributed by atoms with van der Waals surface area (Å²) >= 11 is 0. The van der Waals surface area contributed by atoms with Gasteiger partial charge in [-0.05, 0) is 45.6 Å². The van der Waals surface area contributed by atoms with Crippen LogP contribution in [0.25, 0.3) is 0 Å². The second-order valence-corrected chi connectivity index (χ2v) is 7.24. The molecule has 0 radical (unpaired) electrons. The van der Waals surface area contributed by atoms with Crippen LogP contribution in [0.15, 0.2) is 33.7 Å². The minimum atomic E-state index is -3.75. The van der Waals surface area contributed by atoms with E-state index in [1.54, 1.807) is 40.1 Å². The molecule has 126 valence electrons. The van der Waals surface area contributed by atoms with Gasteiger partial charge in [0.1, 0.15) is 16.4 Å². The fourth-order valence-corrected chi connectivity index (χ4v) is 3.80. The van der Waals surface area contributed by atoms with E-state index in [1.807, 2.05) is 4.90 Å². The molecule has 1 atom stereocenters. The zero-order chi connectivity index (χ0) is 17.2. The molecular weight excluding hydrogens is 321 g/mol.